The lowest BCUT2D eigenvalue weighted by atomic mass is 9.43. The van der Waals surface area contributed by atoms with E-state index in [1.54, 1.807) is 70.2 Å². The van der Waals surface area contributed by atoms with Gasteiger partial charge >= 0.3 is 19.2 Å². The highest BCUT2D eigenvalue weighted by Crippen LogP contribution is 2.68. The van der Waals surface area contributed by atoms with E-state index in [2.05, 4.69) is 20.8 Å². The first-order valence-electron chi connectivity index (χ1n) is 21.6. The van der Waals surface area contributed by atoms with E-state index >= 15 is 0 Å². The molecule has 0 radical (unpaired) electrons. The molecule has 0 N–H and O–H groups in total. The molecule has 2 aliphatic heterocycles. The average molecular weight is 839 g/mol. The number of carbonyl (C=O) groups excluding carboxylic acids is 3. The Labute approximate surface area is 358 Å². The molecule has 2 unspecified atom stereocenters. The summed E-state index contributed by atoms with van der Waals surface area (Å²) in [7, 11) is -0.433. The monoisotopic (exact) mass is 838 g/mol. The molecule has 61 heavy (non-hydrogen) atoms. The lowest BCUT2D eigenvalue weighted by Gasteiger charge is -2.64. The summed E-state index contributed by atoms with van der Waals surface area (Å²) in [5, 5.41) is 0. The van der Waals surface area contributed by atoms with Gasteiger partial charge in [-0.3, -0.25) is 9.59 Å². The van der Waals surface area contributed by atoms with Crippen molar-refractivity contribution in [2.45, 2.75) is 142 Å². The van der Waals surface area contributed by atoms with Crippen LogP contribution >= 0.6 is 0 Å². The fourth-order valence-electron chi connectivity index (χ4n) is 9.79. The summed E-state index contributed by atoms with van der Waals surface area (Å²) >= 11 is 0. The van der Waals surface area contributed by atoms with Crippen LogP contribution in [-0.4, -0.2) is 76.7 Å². The second-order valence-corrected chi connectivity index (χ2v) is 20.3. The van der Waals surface area contributed by atoms with Gasteiger partial charge in [-0.25, -0.2) is 9.59 Å². The fraction of sp³-hybridized carbons (Fsp3) is 0.574. The molecule has 6 fully saturated rings. The average Bonchev–Trinajstić information content (AvgIpc) is 3.85. The number of pyridine rings is 1. The topological polar surface area (TPSA) is 141 Å². The first-order chi connectivity index (χ1) is 28.6. The van der Waals surface area contributed by atoms with Gasteiger partial charge in [0.15, 0.2) is 11.5 Å². The van der Waals surface area contributed by atoms with Gasteiger partial charge in [0.05, 0.1) is 30.5 Å². The number of ether oxygens (including phenoxy) is 5. The molecule has 0 spiro atoms. The Balaban J connectivity index is 1.01. The van der Waals surface area contributed by atoms with Crippen molar-refractivity contribution in [1.29, 1.82) is 0 Å². The quantitative estimate of drug-likeness (QED) is 0.106. The van der Waals surface area contributed by atoms with Crippen LogP contribution in [0.2, 0.25) is 5.82 Å². The molecule has 1 amide bonds. The molecule has 2 aromatic carbocycles. The number of aromatic nitrogens is 1. The molecule has 3 aromatic rings. The van der Waals surface area contributed by atoms with Crippen LogP contribution in [0.15, 0.2) is 59.5 Å². The maximum atomic E-state index is 14.2. The summed E-state index contributed by atoms with van der Waals surface area (Å²) < 4.78 is 45.1. The largest absolute Gasteiger partial charge is 0.514 e. The van der Waals surface area contributed by atoms with E-state index in [4.69, 9.17) is 33.0 Å². The Morgan fingerprint density at radius 3 is 2.26 bits per heavy atom. The van der Waals surface area contributed by atoms with Crippen LogP contribution in [0.3, 0.4) is 0 Å². The lowest BCUT2D eigenvalue weighted by Crippen LogP contribution is -2.65. The predicted molar refractivity (Wildman–Crippen MR) is 227 cm³/mol. The van der Waals surface area contributed by atoms with Crippen molar-refractivity contribution < 1.29 is 47.4 Å². The Bertz CT molecular complexity index is 2260. The highest BCUT2D eigenvalue weighted by Gasteiger charge is 2.70. The second-order valence-electron chi connectivity index (χ2n) is 20.3. The fourth-order valence-corrected chi connectivity index (χ4v) is 9.79. The van der Waals surface area contributed by atoms with Gasteiger partial charge in [-0.05, 0) is 115 Å². The summed E-state index contributed by atoms with van der Waals surface area (Å²) in [6.07, 6.45) is 2.99. The molecule has 6 aliphatic rings. The van der Waals surface area contributed by atoms with Gasteiger partial charge in [0.1, 0.15) is 41.8 Å². The van der Waals surface area contributed by atoms with Crippen LogP contribution < -0.4 is 19.6 Å². The Morgan fingerprint density at radius 2 is 1.59 bits per heavy atom. The SMILES string of the molecule is Cc1c(OCc2ccccc2)c(=O)ccn1CC(=O)N1CC(Oc2ccc(C3CC3B3O[C@@H]4C[C@@H]5C[C@@H](C5(C)C)[C@]4(C)O3)c(OC(=O)OC(C)(C)C)c2C(=O)OC(C)(C)C)C1. The van der Waals surface area contributed by atoms with Crippen molar-refractivity contribution in [3.05, 3.63) is 87.3 Å². The minimum atomic E-state index is -0.964. The van der Waals surface area contributed by atoms with Gasteiger partial charge in [-0.15, -0.1) is 0 Å². The Hall–Kier alpha value is -4.82. The number of benzene rings is 2. The third-order valence-corrected chi connectivity index (χ3v) is 13.3. The van der Waals surface area contributed by atoms with Crippen molar-refractivity contribution in [1.82, 2.24) is 9.47 Å². The van der Waals surface area contributed by atoms with Gasteiger partial charge in [0.2, 0.25) is 11.3 Å². The summed E-state index contributed by atoms with van der Waals surface area (Å²) in [5.74, 6) is 0.346. The molecule has 9 rings (SSSR count). The number of hydrogen-bond donors (Lipinski definition) is 0. The molecule has 326 valence electrons. The molecule has 14 heteroatoms. The number of hydrogen-bond acceptors (Lipinski definition) is 11. The van der Waals surface area contributed by atoms with Crippen LogP contribution in [0.25, 0.3) is 0 Å². The highest BCUT2D eigenvalue weighted by molar-refractivity contribution is 6.49. The molecule has 4 aliphatic carbocycles. The van der Waals surface area contributed by atoms with Gasteiger partial charge < -0.3 is 42.5 Å². The summed E-state index contributed by atoms with van der Waals surface area (Å²) in [5.41, 5.74) is -0.109. The molecule has 1 aromatic heterocycles. The van der Waals surface area contributed by atoms with E-state index in [0.717, 1.165) is 18.4 Å². The number of nitrogens with zero attached hydrogens (tertiary/aromatic N) is 2. The molecule has 6 atom stereocenters. The second kappa shape index (κ2) is 15.5. The summed E-state index contributed by atoms with van der Waals surface area (Å²) in [6.45, 7) is 19.8. The number of carbonyl (C=O) groups is 3. The highest BCUT2D eigenvalue weighted by atomic mass is 16.7. The molecule has 13 nitrogen and oxygen atoms in total. The van der Waals surface area contributed by atoms with E-state index in [9.17, 15) is 19.2 Å². The van der Waals surface area contributed by atoms with Gasteiger partial charge in [-0.2, -0.15) is 0 Å². The van der Waals surface area contributed by atoms with E-state index in [0.29, 0.717) is 29.5 Å². The van der Waals surface area contributed by atoms with E-state index in [-0.39, 0.29) is 89.2 Å². The predicted octanol–water partition coefficient (Wildman–Crippen LogP) is 7.88. The normalized spacial score (nSPS) is 26.4. The maximum Gasteiger partial charge on any atom is 0.514 e. The van der Waals surface area contributed by atoms with Crippen LogP contribution in [-0.2, 0) is 36.7 Å². The zero-order chi connectivity index (χ0) is 43.8. The molecule has 2 saturated heterocycles. The zero-order valence-electron chi connectivity index (χ0n) is 37.1. The Kier molecular flexibility index (Phi) is 10.9. The van der Waals surface area contributed by atoms with Crippen LogP contribution in [0.4, 0.5) is 4.79 Å². The molecular weight excluding hydrogens is 779 g/mol. The van der Waals surface area contributed by atoms with Gasteiger partial charge in [0, 0.05) is 18.1 Å². The van der Waals surface area contributed by atoms with E-state index in [1.807, 2.05) is 36.4 Å². The van der Waals surface area contributed by atoms with Crippen LogP contribution in [0.5, 0.6) is 17.2 Å². The van der Waals surface area contributed by atoms with Crippen molar-refractivity contribution in [3.63, 3.8) is 0 Å². The van der Waals surface area contributed by atoms with Gasteiger partial charge in [-0.1, -0.05) is 50.2 Å². The van der Waals surface area contributed by atoms with Crippen molar-refractivity contribution in [3.8, 4) is 17.2 Å². The number of amides is 1. The minimum Gasteiger partial charge on any atom is -0.486 e. The van der Waals surface area contributed by atoms with Crippen molar-refractivity contribution >= 4 is 25.2 Å². The summed E-state index contributed by atoms with van der Waals surface area (Å²) in [4.78, 5) is 55.5. The summed E-state index contributed by atoms with van der Waals surface area (Å²) in [6, 6.07) is 14.5. The van der Waals surface area contributed by atoms with Crippen LogP contribution in [0.1, 0.15) is 115 Å². The third kappa shape index (κ3) is 8.54. The first-order valence-corrected chi connectivity index (χ1v) is 21.6. The molecular formula is C47H59BN2O11. The third-order valence-electron chi connectivity index (χ3n) is 13.3. The smallest absolute Gasteiger partial charge is 0.486 e. The van der Waals surface area contributed by atoms with Crippen LogP contribution in [0, 0.1) is 24.2 Å². The Morgan fingerprint density at radius 1 is 0.885 bits per heavy atom. The van der Waals surface area contributed by atoms with Crippen molar-refractivity contribution in [2.75, 3.05) is 13.1 Å². The molecule has 3 heterocycles. The van der Waals surface area contributed by atoms with Gasteiger partial charge in [0.25, 0.3) is 0 Å². The zero-order valence-corrected chi connectivity index (χ0v) is 37.1. The number of esters is 1. The van der Waals surface area contributed by atoms with Crippen molar-refractivity contribution in [2.24, 2.45) is 17.3 Å². The molecule has 4 saturated carbocycles. The van der Waals surface area contributed by atoms with E-state index < -0.39 is 36.5 Å². The van der Waals surface area contributed by atoms with E-state index in [1.165, 1.54) is 6.07 Å². The number of rotatable bonds is 11. The standard InChI is InChI=1S/C47H59BN2O11/c1-27-40(55-26-28-14-12-11-13-15-28)34(51)18-19-49(27)25-38(52)50-23-30(24-50)56-35-17-16-31(41(57-43(54)59-45(5,6)7)39(35)42(53)58-44(2,3)4)32-22-33(32)48-60-37-21-29-20-36(46(29,8)9)47(37,10)61-48/h11-19,29-30,32-33,36-37H,20-26H2,1-10H3/t29-,32?,33?,36-,37+,47-/m0/s1. The minimum absolute atomic E-state index is 0.0118. The first kappa shape index (κ1) is 42.9. The lowest BCUT2D eigenvalue weighted by molar-refractivity contribution is -0.199. The maximum absolute atomic E-state index is 14.2. The number of likely N-dealkylation sites (tertiary alicyclic amines) is 1. The molecule has 2 bridgehead atoms.